The van der Waals surface area contributed by atoms with E-state index in [0.29, 0.717) is 24.3 Å². The van der Waals surface area contributed by atoms with Crippen LogP contribution < -0.4 is 5.32 Å². The molecule has 1 aromatic rings. The van der Waals surface area contributed by atoms with Crippen molar-refractivity contribution in [3.63, 3.8) is 0 Å². The number of halogens is 1. The van der Waals surface area contributed by atoms with Crippen molar-refractivity contribution in [1.82, 2.24) is 10.2 Å². The average molecular weight is 293 g/mol. The van der Waals surface area contributed by atoms with Crippen LogP contribution in [0.2, 0.25) is 0 Å². The molecular weight excluding hydrogens is 277 g/mol. The predicted molar refractivity (Wildman–Crippen MR) is 79.2 cm³/mol. The molecule has 106 valence electrons. The van der Waals surface area contributed by atoms with Gasteiger partial charge in [0.15, 0.2) is 5.11 Å². The Balaban J connectivity index is 1.87. The summed E-state index contributed by atoms with van der Waals surface area (Å²) in [5.74, 6) is -0.139. The fourth-order valence-corrected chi connectivity index (χ4v) is 2.86. The number of fused-ring (bicyclic) bond motifs is 1. The molecule has 0 spiro atoms. The monoisotopic (exact) mass is 293 g/mol. The van der Waals surface area contributed by atoms with E-state index in [0.717, 1.165) is 24.0 Å². The zero-order chi connectivity index (χ0) is 14.1. The number of nitrogens with one attached hydrogen (secondary N) is 1. The number of thiocarbonyl (C=S) groups is 1. The van der Waals surface area contributed by atoms with Gasteiger partial charge in [0.05, 0.1) is 12.6 Å². The Morgan fingerprint density at radius 3 is 3.20 bits per heavy atom. The van der Waals surface area contributed by atoms with Gasteiger partial charge in [0.25, 0.3) is 6.02 Å². The number of benzene rings is 1. The van der Waals surface area contributed by atoms with E-state index in [9.17, 15) is 4.39 Å². The van der Waals surface area contributed by atoms with Gasteiger partial charge in [-0.15, -0.1) is 0 Å². The maximum atomic E-state index is 13.7. The van der Waals surface area contributed by atoms with Crippen molar-refractivity contribution < 1.29 is 9.13 Å². The molecule has 20 heavy (non-hydrogen) atoms. The highest BCUT2D eigenvalue weighted by molar-refractivity contribution is 7.80. The minimum atomic E-state index is -0.139. The van der Waals surface area contributed by atoms with E-state index >= 15 is 0 Å². The Labute approximate surface area is 122 Å². The highest BCUT2D eigenvalue weighted by atomic mass is 32.1. The molecule has 0 saturated carbocycles. The summed E-state index contributed by atoms with van der Waals surface area (Å²) in [6.45, 7) is 1.27. The highest BCUT2D eigenvalue weighted by Gasteiger charge is 2.29. The fraction of sp³-hybridized carbons (Fsp3) is 0.429. The molecule has 1 heterocycles. The zero-order valence-electron chi connectivity index (χ0n) is 11.2. The summed E-state index contributed by atoms with van der Waals surface area (Å²) in [7, 11) is 1.78. The zero-order valence-corrected chi connectivity index (χ0v) is 12.0. The lowest BCUT2D eigenvalue weighted by molar-refractivity contribution is 0.348. The van der Waals surface area contributed by atoms with E-state index in [4.69, 9.17) is 17.0 Å². The van der Waals surface area contributed by atoms with Crippen LogP contribution in [-0.4, -0.2) is 36.2 Å². The molecule has 1 N–H and O–H groups in total. The van der Waals surface area contributed by atoms with Gasteiger partial charge in [0, 0.05) is 7.05 Å². The number of nitrogens with zero attached hydrogens (tertiary/aromatic N) is 2. The maximum absolute atomic E-state index is 13.7. The van der Waals surface area contributed by atoms with Crippen molar-refractivity contribution in [2.24, 2.45) is 4.99 Å². The summed E-state index contributed by atoms with van der Waals surface area (Å²) in [5.41, 5.74) is 1.74. The summed E-state index contributed by atoms with van der Waals surface area (Å²) in [5, 5.41) is 3.52. The minimum absolute atomic E-state index is 0.0454. The van der Waals surface area contributed by atoms with E-state index in [1.165, 1.54) is 6.07 Å². The quantitative estimate of drug-likeness (QED) is 0.804. The number of aliphatic imine (C=N–C) groups is 1. The van der Waals surface area contributed by atoms with Crippen molar-refractivity contribution in [2.75, 3.05) is 20.2 Å². The second kappa shape index (κ2) is 5.36. The summed E-state index contributed by atoms with van der Waals surface area (Å²) in [4.78, 5) is 6.47. The molecule has 1 aromatic carbocycles. The van der Waals surface area contributed by atoms with Gasteiger partial charge in [0.1, 0.15) is 12.4 Å². The third kappa shape index (κ3) is 2.24. The minimum Gasteiger partial charge on any atom is -0.463 e. The molecule has 1 saturated heterocycles. The van der Waals surface area contributed by atoms with Crippen LogP contribution in [0.15, 0.2) is 23.2 Å². The van der Waals surface area contributed by atoms with E-state index < -0.39 is 0 Å². The van der Waals surface area contributed by atoms with E-state index in [1.807, 2.05) is 11.0 Å². The SMILES string of the molecule is CNC(=S)N1CCO/C1=N\C1CCc2c(F)cccc21. The van der Waals surface area contributed by atoms with Gasteiger partial charge in [0.2, 0.25) is 0 Å². The molecular formula is C14H16FN3OS. The lowest BCUT2D eigenvalue weighted by Gasteiger charge is -2.17. The lowest BCUT2D eigenvalue weighted by Crippen LogP contribution is -2.39. The van der Waals surface area contributed by atoms with Crippen molar-refractivity contribution in [1.29, 1.82) is 0 Å². The molecule has 1 aliphatic heterocycles. The van der Waals surface area contributed by atoms with Crippen molar-refractivity contribution in [3.05, 3.63) is 35.1 Å². The molecule has 0 aromatic heterocycles. The maximum Gasteiger partial charge on any atom is 0.294 e. The third-order valence-corrected chi connectivity index (χ3v) is 4.11. The number of hydrogen-bond acceptors (Lipinski definition) is 3. The van der Waals surface area contributed by atoms with Crippen LogP contribution in [0.4, 0.5) is 4.39 Å². The lowest BCUT2D eigenvalue weighted by atomic mass is 10.1. The summed E-state index contributed by atoms with van der Waals surface area (Å²) in [6, 6.07) is 5.67. The second-order valence-corrected chi connectivity index (χ2v) is 5.22. The normalized spacial score (nSPS) is 22.8. The first-order valence-corrected chi connectivity index (χ1v) is 7.08. The molecule has 3 rings (SSSR count). The van der Waals surface area contributed by atoms with Gasteiger partial charge in [-0.3, -0.25) is 4.90 Å². The van der Waals surface area contributed by atoms with Crippen LogP contribution in [0.5, 0.6) is 0 Å². The first-order chi connectivity index (χ1) is 9.70. The molecule has 1 fully saturated rings. The molecule has 2 aliphatic rings. The van der Waals surface area contributed by atoms with Gasteiger partial charge in [-0.1, -0.05) is 12.1 Å². The van der Waals surface area contributed by atoms with Crippen molar-refractivity contribution in [3.8, 4) is 0 Å². The first-order valence-electron chi connectivity index (χ1n) is 6.68. The Hall–Kier alpha value is -1.69. The van der Waals surface area contributed by atoms with Crippen LogP contribution >= 0.6 is 12.2 Å². The van der Waals surface area contributed by atoms with E-state index in [-0.39, 0.29) is 11.9 Å². The molecule has 4 nitrogen and oxygen atoms in total. The van der Waals surface area contributed by atoms with Crippen LogP contribution in [0.25, 0.3) is 0 Å². The predicted octanol–water partition coefficient (Wildman–Crippen LogP) is 2.01. The molecule has 0 amide bonds. The Morgan fingerprint density at radius 1 is 1.55 bits per heavy atom. The van der Waals surface area contributed by atoms with Crippen LogP contribution in [-0.2, 0) is 11.2 Å². The molecule has 6 heteroatoms. The Kier molecular flexibility index (Phi) is 3.56. The summed E-state index contributed by atoms with van der Waals surface area (Å²) >= 11 is 5.23. The summed E-state index contributed by atoms with van der Waals surface area (Å²) in [6.07, 6.45) is 1.53. The van der Waals surface area contributed by atoms with Gasteiger partial charge < -0.3 is 10.1 Å². The number of hydrogen-bond donors (Lipinski definition) is 1. The standard InChI is InChI=1S/C14H16FN3OS/c1-16-14(20)18-7-8-19-13(18)17-12-6-5-9-10(12)3-2-4-11(9)15/h2-4,12H,5-8H2,1H3,(H,16,20)/b17-13-. The van der Waals surface area contributed by atoms with Crippen LogP contribution in [0, 0.1) is 5.82 Å². The van der Waals surface area contributed by atoms with Gasteiger partial charge in [-0.25, -0.2) is 9.38 Å². The topological polar surface area (TPSA) is 36.9 Å². The van der Waals surface area contributed by atoms with E-state index in [2.05, 4.69) is 10.3 Å². The van der Waals surface area contributed by atoms with E-state index in [1.54, 1.807) is 13.1 Å². The highest BCUT2D eigenvalue weighted by Crippen LogP contribution is 2.35. The van der Waals surface area contributed by atoms with Crippen LogP contribution in [0.3, 0.4) is 0 Å². The van der Waals surface area contributed by atoms with Crippen molar-refractivity contribution >= 4 is 23.4 Å². The molecule has 0 bridgehead atoms. The number of ether oxygens (including phenoxy) is 1. The Morgan fingerprint density at radius 2 is 2.40 bits per heavy atom. The van der Waals surface area contributed by atoms with Crippen molar-refractivity contribution in [2.45, 2.75) is 18.9 Å². The first kappa shape index (κ1) is 13.3. The third-order valence-electron chi connectivity index (χ3n) is 3.68. The van der Waals surface area contributed by atoms with Crippen LogP contribution in [0.1, 0.15) is 23.6 Å². The van der Waals surface area contributed by atoms with Gasteiger partial charge >= 0.3 is 0 Å². The van der Waals surface area contributed by atoms with Gasteiger partial charge in [-0.05, 0) is 42.3 Å². The molecule has 0 radical (unpaired) electrons. The average Bonchev–Trinajstić information content (AvgIpc) is 3.07. The number of amidine groups is 1. The fourth-order valence-electron chi connectivity index (χ4n) is 2.69. The molecule has 1 unspecified atom stereocenters. The number of rotatable bonds is 1. The molecule has 1 atom stereocenters. The Bertz CT molecular complexity index is 576. The summed E-state index contributed by atoms with van der Waals surface area (Å²) < 4.78 is 19.3. The van der Waals surface area contributed by atoms with Gasteiger partial charge in [-0.2, -0.15) is 0 Å². The molecule has 1 aliphatic carbocycles. The second-order valence-electron chi connectivity index (χ2n) is 4.83. The smallest absolute Gasteiger partial charge is 0.294 e. The largest absolute Gasteiger partial charge is 0.463 e.